The fourth-order valence-corrected chi connectivity index (χ4v) is 2.97. The SMILES string of the molecule is COc1ccc(Cn2ccc3c2CC(C)(C)CC3=O)cn1. The quantitative estimate of drug-likeness (QED) is 0.870. The number of rotatable bonds is 3. The summed E-state index contributed by atoms with van der Waals surface area (Å²) >= 11 is 0. The predicted octanol–water partition coefficient (Wildman–Crippen LogP) is 3.10. The van der Waals surface area contributed by atoms with Gasteiger partial charge in [-0.1, -0.05) is 19.9 Å². The third-order valence-corrected chi connectivity index (χ3v) is 4.02. The number of fused-ring (bicyclic) bond motifs is 1. The van der Waals surface area contributed by atoms with Crippen molar-refractivity contribution in [2.45, 2.75) is 33.2 Å². The molecule has 2 aromatic heterocycles. The molecule has 0 unspecified atom stereocenters. The van der Waals surface area contributed by atoms with Gasteiger partial charge in [0.05, 0.1) is 7.11 Å². The van der Waals surface area contributed by atoms with Crippen LogP contribution in [0.4, 0.5) is 0 Å². The zero-order valence-corrected chi connectivity index (χ0v) is 12.7. The first-order chi connectivity index (χ1) is 9.98. The Morgan fingerprint density at radius 3 is 2.76 bits per heavy atom. The normalized spacial score (nSPS) is 16.6. The first-order valence-corrected chi connectivity index (χ1v) is 7.19. The summed E-state index contributed by atoms with van der Waals surface area (Å²) < 4.78 is 7.24. The van der Waals surface area contributed by atoms with Gasteiger partial charge in [0.25, 0.3) is 0 Å². The van der Waals surface area contributed by atoms with Crippen molar-refractivity contribution in [2.24, 2.45) is 5.41 Å². The van der Waals surface area contributed by atoms with Gasteiger partial charge in [0.1, 0.15) is 0 Å². The van der Waals surface area contributed by atoms with Crippen LogP contribution >= 0.6 is 0 Å². The smallest absolute Gasteiger partial charge is 0.212 e. The zero-order chi connectivity index (χ0) is 15.0. The Morgan fingerprint density at radius 1 is 1.29 bits per heavy atom. The number of carbonyl (C=O) groups is 1. The van der Waals surface area contributed by atoms with Crippen LogP contribution in [0.25, 0.3) is 0 Å². The summed E-state index contributed by atoms with van der Waals surface area (Å²) in [7, 11) is 1.61. The summed E-state index contributed by atoms with van der Waals surface area (Å²) in [6, 6.07) is 5.82. The van der Waals surface area contributed by atoms with Crippen molar-refractivity contribution in [1.82, 2.24) is 9.55 Å². The number of aromatic nitrogens is 2. The van der Waals surface area contributed by atoms with E-state index >= 15 is 0 Å². The molecule has 0 bridgehead atoms. The second kappa shape index (κ2) is 5.02. The second-order valence-corrected chi connectivity index (χ2v) is 6.45. The van der Waals surface area contributed by atoms with E-state index in [1.165, 1.54) is 0 Å². The maximum Gasteiger partial charge on any atom is 0.212 e. The van der Waals surface area contributed by atoms with Crippen LogP contribution in [0, 0.1) is 5.41 Å². The number of hydrogen-bond acceptors (Lipinski definition) is 3. The van der Waals surface area contributed by atoms with E-state index < -0.39 is 0 Å². The lowest BCUT2D eigenvalue weighted by Gasteiger charge is -2.29. The van der Waals surface area contributed by atoms with E-state index in [0.29, 0.717) is 12.3 Å². The zero-order valence-electron chi connectivity index (χ0n) is 12.7. The molecule has 0 spiro atoms. The van der Waals surface area contributed by atoms with Gasteiger partial charge >= 0.3 is 0 Å². The largest absolute Gasteiger partial charge is 0.481 e. The second-order valence-electron chi connectivity index (χ2n) is 6.45. The Labute approximate surface area is 124 Å². The molecular weight excluding hydrogens is 264 g/mol. The van der Waals surface area contributed by atoms with Crippen molar-refractivity contribution in [2.75, 3.05) is 7.11 Å². The summed E-state index contributed by atoms with van der Waals surface area (Å²) in [6.07, 6.45) is 5.40. The topological polar surface area (TPSA) is 44.1 Å². The maximum absolute atomic E-state index is 12.2. The highest BCUT2D eigenvalue weighted by molar-refractivity contribution is 5.98. The number of ether oxygens (including phenoxy) is 1. The molecule has 110 valence electrons. The van der Waals surface area contributed by atoms with Gasteiger partial charge in [0.2, 0.25) is 5.88 Å². The summed E-state index contributed by atoms with van der Waals surface area (Å²) in [5.41, 5.74) is 3.17. The molecule has 0 saturated heterocycles. The van der Waals surface area contributed by atoms with Gasteiger partial charge in [-0.05, 0) is 23.5 Å². The molecule has 0 aromatic carbocycles. The summed E-state index contributed by atoms with van der Waals surface area (Å²) in [6.45, 7) is 5.04. The van der Waals surface area contributed by atoms with Gasteiger partial charge in [-0.15, -0.1) is 0 Å². The van der Waals surface area contributed by atoms with Crippen molar-refractivity contribution in [1.29, 1.82) is 0 Å². The lowest BCUT2D eigenvalue weighted by molar-refractivity contribution is 0.0910. The van der Waals surface area contributed by atoms with Crippen molar-refractivity contribution in [3.05, 3.63) is 47.4 Å². The summed E-state index contributed by atoms with van der Waals surface area (Å²) in [4.78, 5) is 16.4. The van der Waals surface area contributed by atoms with Crippen LogP contribution in [-0.4, -0.2) is 22.4 Å². The van der Waals surface area contributed by atoms with Crippen molar-refractivity contribution >= 4 is 5.78 Å². The van der Waals surface area contributed by atoms with Crippen LogP contribution < -0.4 is 4.74 Å². The highest BCUT2D eigenvalue weighted by atomic mass is 16.5. The lowest BCUT2D eigenvalue weighted by Crippen LogP contribution is -2.28. The molecule has 4 heteroatoms. The molecule has 0 fully saturated rings. The Kier molecular flexibility index (Phi) is 3.32. The number of hydrogen-bond donors (Lipinski definition) is 0. The van der Waals surface area contributed by atoms with Crippen LogP contribution in [0.1, 0.15) is 41.9 Å². The molecule has 1 aliphatic carbocycles. The molecule has 21 heavy (non-hydrogen) atoms. The standard InChI is InChI=1S/C17H20N2O2/c1-17(2)8-14-13(15(20)9-17)6-7-19(14)11-12-4-5-16(21-3)18-10-12/h4-7,10H,8-9,11H2,1-3H3. The van der Waals surface area contributed by atoms with Crippen LogP contribution in [0.2, 0.25) is 0 Å². The number of carbonyl (C=O) groups excluding carboxylic acids is 1. The van der Waals surface area contributed by atoms with E-state index in [4.69, 9.17) is 4.74 Å². The molecule has 2 aromatic rings. The van der Waals surface area contributed by atoms with Crippen molar-refractivity contribution < 1.29 is 9.53 Å². The first-order valence-electron chi connectivity index (χ1n) is 7.19. The number of Topliss-reactive ketones (excluding diaryl/α,β-unsaturated/α-hetero) is 1. The predicted molar refractivity (Wildman–Crippen MR) is 80.8 cm³/mol. The Morgan fingerprint density at radius 2 is 2.10 bits per heavy atom. The minimum atomic E-state index is 0.0400. The maximum atomic E-state index is 12.2. The van der Waals surface area contributed by atoms with Gasteiger partial charge < -0.3 is 9.30 Å². The number of nitrogens with zero attached hydrogens (tertiary/aromatic N) is 2. The van der Waals surface area contributed by atoms with Gasteiger partial charge in [0.15, 0.2) is 5.78 Å². The van der Waals surface area contributed by atoms with E-state index in [2.05, 4.69) is 23.4 Å². The van der Waals surface area contributed by atoms with Crippen molar-refractivity contribution in [3.63, 3.8) is 0 Å². The lowest BCUT2D eigenvalue weighted by atomic mass is 9.76. The van der Waals surface area contributed by atoms with E-state index in [1.54, 1.807) is 7.11 Å². The fraction of sp³-hybridized carbons (Fsp3) is 0.412. The van der Waals surface area contributed by atoms with Crippen LogP contribution in [0.15, 0.2) is 30.6 Å². The average Bonchev–Trinajstić information content (AvgIpc) is 2.81. The van der Waals surface area contributed by atoms with Gasteiger partial charge in [-0.25, -0.2) is 4.98 Å². The molecule has 4 nitrogen and oxygen atoms in total. The van der Waals surface area contributed by atoms with Crippen LogP contribution in [-0.2, 0) is 13.0 Å². The molecule has 0 atom stereocenters. The van der Waals surface area contributed by atoms with Gasteiger partial charge in [-0.3, -0.25) is 4.79 Å². The molecule has 0 N–H and O–H groups in total. The van der Waals surface area contributed by atoms with Crippen molar-refractivity contribution in [3.8, 4) is 5.88 Å². The van der Waals surface area contributed by atoms with E-state index in [-0.39, 0.29) is 11.2 Å². The summed E-state index contributed by atoms with van der Waals surface area (Å²) in [5, 5.41) is 0. The average molecular weight is 284 g/mol. The van der Waals surface area contributed by atoms with E-state index in [9.17, 15) is 4.79 Å². The molecule has 1 aliphatic rings. The van der Waals surface area contributed by atoms with Crippen LogP contribution in [0.5, 0.6) is 5.88 Å². The number of methoxy groups -OCH3 is 1. The van der Waals surface area contributed by atoms with Gasteiger partial charge in [0, 0.05) is 42.7 Å². The Bertz CT molecular complexity index is 669. The molecule has 2 heterocycles. The monoisotopic (exact) mass is 284 g/mol. The molecule has 0 amide bonds. The van der Waals surface area contributed by atoms with Crippen LogP contribution in [0.3, 0.4) is 0 Å². The third-order valence-electron chi connectivity index (χ3n) is 4.02. The first kappa shape index (κ1) is 13.9. The molecule has 0 aliphatic heterocycles. The van der Waals surface area contributed by atoms with E-state index in [0.717, 1.165) is 29.8 Å². The minimum absolute atomic E-state index is 0.0400. The Balaban J connectivity index is 1.88. The Hall–Kier alpha value is -2.10. The highest BCUT2D eigenvalue weighted by Crippen LogP contribution is 2.35. The van der Waals surface area contributed by atoms with E-state index in [1.807, 2.05) is 30.6 Å². The highest BCUT2D eigenvalue weighted by Gasteiger charge is 2.32. The molecule has 0 saturated carbocycles. The minimum Gasteiger partial charge on any atom is -0.481 e. The third kappa shape index (κ3) is 2.71. The van der Waals surface area contributed by atoms with Gasteiger partial charge in [-0.2, -0.15) is 0 Å². The summed E-state index contributed by atoms with van der Waals surface area (Å²) in [5.74, 6) is 0.873. The molecule has 3 rings (SSSR count). The fourth-order valence-electron chi connectivity index (χ4n) is 2.97. The molecule has 0 radical (unpaired) electrons. The number of ketones is 1. The molecular formula is C17H20N2O2. The number of pyridine rings is 1.